The predicted octanol–water partition coefficient (Wildman–Crippen LogP) is 1.98. The first-order valence-corrected chi connectivity index (χ1v) is 11.4. The molecule has 0 saturated carbocycles. The number of hydrogen-bond donors (Lipinski definition) is 1. The highest BCUT2D eigenvalue weighted by Crippen LogP contribution is 2.41. The number of fused-ring (bicyclic) bond motifs is 1. The number of rotatable bonds is 5. The zero-order valence-corrected chi connectivity index (χ0v) is 17.5. The zero-order chi connectivity index (χ0) is 22.2. The van der Waals surface area contributed by atoms with Crippen LogP contribution in [0.1, 0.15) is 30.6 Å². The van der Waals surface area contributed by atoms with Gasteiger partial charge in [-0.3, -0.25) is 4.79 Å². The molecule has 2 aromatic rings. The van der Waals surface area contributed by atoms with Gasteiger partial charge < -0.3 is 9.64 Å². The number of hydrogen-bond acceptors (Lipinski definition) is 7. The Morgan fingerprint density at radius 3 is 2.19 bits per heavy atom. The molecule has 3 atom stereocenters. The van der Waals surface area contributed by atoms with Crippen molar-refractivity contribution in [3.8, 4) is 0 Å². The van der Waals surface area contributed by atoms with Crippen LogP contribution < -0.4 is 4.91 Å². The van der Waals surface area contributed by atoms with E-state index < -0.39 is 50.5 Å². The SMILES string of the molecule is CC1(N=[N+]=[15NH])CS(=O)(=O)C2CC(=O)N2[C@H]1C(=O)OC(c1ccccc1)c1ccccc1. The zero-order valence-electron chi connectivity index (χ0n) is 16.7. The summed E-state index contributed by atoms with van der Waals surface area (Å²) in [5.41, 5.74) is 6.95. The summed E-state index contributed by atoms with van der Waals surface area (Å²) < 4.78 is 31.1. The molecule has 2 aromatic carbocycles. The molecule has 2 saturated heterocycles. The summed E-state index contributed by atoms with van der Waals surface area (Å²) in [4.78, 5) is 29.8. The Balaban J connectivity index is 1.73. The molecule has 9 nitrogen and oxygen atoms in total. The molecule has 0 bridgehead atoms. The molecule has 2 aliphatic rings. The van der Waals surface area contributed by atoms with E-state index in [2.05, 4.69) is 10.0 Å². The van der Waals surface area contributed by atoms with Gasteiger partial charge >= 0.3 is 5.97 Å². The van der Waals surface area contributed by atoms with Crippen LogP contribution in [0.15, 0.2) is 65.8 Å². The van der Waals surface area contributed by atoms with Crippen molar-refractivity contribution in [3.63, 3.8) is 0 Å². The molecule has 160 valence electrons. The maximum absolute atomic E-state index is 13.4. The van der Waals surface area contributed by atoms with Crippen molar-refractivity contribution in [2.75, 3.05) is 5.75 Å². The average Bonchev–Trinajstić information content (AvgIpc) is 2.74. The van der Waals surface area contributed by atoms with Crippen LogP contribution in [0.25, 0.3) is 0 Å². The topological polar surface area (TPSA) is 131 Å². The molecule has 0 spiro atoms. The summed E-state index contributed by atoms with van der Waals surface area (Å²) >= 11 is 0. The number of sulfone groups is 1. The van der Waals surface area contributed by atoms with E-state index in [4.69, 9.17) is 10.3 Å². The van der Waals surface area contributed by atoms with E-state index >= 15 is 0 Å². The molecule has 1 amide bonds. The standard InChI is InChI=1S/C21H21N4O5S/c1-21(23-24-22)13-31(28,29)17-12-16(26)25(17)19(21)20(27)30-18(14-8-4-2-5-9-14)15-10-6-3-7-11-15/h2-11,17-19,22H,12-13H2,1H3/q+1/t17?,19-,21?/m0/s1/i22+1. The number of β-lactam (4-membered cyclic amide) rings is 1. The summed E-state index contributed by atoms with van der Waals surface area (Å²) in [6.45, 7) is 1.40. The fourth-order valence-corrected chi connectivity index (χ4v) is 6.43. The summed E-state index contributed by atoms with van der Waals surface area (Å²) in [5.74, 6) is -1.77. The smallest absolute Gasteiger partial charge is 0.332 e. The monoisotopic (exact) mass is 442 g/mol. The first kappa shape index (κ1) is 20.9. The Hall–Kier alpha value is -3.36. The quantitative estimate of drug-likeness (QED) is 0.249. The second-order valence-corrected chi connectivity index (χ2v) is 10.0. The molecular formula is C21H21N4O5S+. The molecule has 1 N–H and O–H groups in total. The van der Waals surface area contributed by atoms with Crippen LogP contribution in [0, 0.1) is 5.53 Å². The normalized spacial score (nSPS) is 26.4. The lowest BCUT2D eigenvalue weighted by atomic mass is 9.90. The van der Waals surface area contributed by atoms with Gasteiger partial charge in [0.15, 0.2) is 27.5 Å². The number of esters is 1. The first-order chi connectivity index (χ1) is 14.8. The molecule has 0 radical (unpaired) electrons. The predicted molar refractivity (Wildman–Crippen MR) is 109 cm³/mol. The number of ether oxygens (including phenoxy) is 1. The van der Waals surface area contributed by atoms with Crippen LogP contribution in [0.5, 0.6) is 0 Å². The van der Waals surface area contributed by atoms with Crippen LogP contribution >= 0.6 is 0 Å². The van der Waals surface area contributed by atoms with E-state index in [1.54, 1.807) is 0 Å². The van der Waals surface area contributed by atoms with Crippen molar-refractivity contribution < 1.29 is 22.7 Å². The first-order valence-electron chi connectivity index (χ1n) is 9.68. The fourth-order valence-electron chi connectivity index (χ4n) is 4.22. The molecule has 2 unspecified atom stereocenters. The minimum absolute atomic E-state index is 0.180. The largest absolute Gasteiger partial charge is 0.451 e. The second kappa shape index (κ2) is 7.72. The van der Waals surface area contributed by atoms with Gasteiger partial charge in [-0.2, -0.15) is 0 Å². The van der Waals surface area contributed by atoms with E-state index in [0.717, 1.165) is 16.0 Å². The third kappa shape index (κ3) is 3.64. The Kier molecular flexibility index (Phi) is 5.20. The van der Waals surface area contributed by atoms with Gasteiger partial charge in [0.2, 0.25) is 10.8 Å². The van der Waals surface area contributed by atoms with Crippen molar-refractivity contribution in [2.45, 2.75) is 36.4 Å². The van der Waals surface area contributed by atoms with E-state index in [-0.39, 0.29) is 6.42 Å². The molecule has 2 fully saturated rings. The van der Waals surface area contributed by atoms with Crippen molar-refractivity contribution >= 4 is 21.7 Å². The number of benzene rings is 2. The lowest BCUT2D eigenvalue weighted by molar-refractivity contribution is -0.168. The Bertz CT molecular complexity index is 1130. The highest BCUT2D eigenvalue weighted by molar-refractivity contribution is 7.92. The van der Waals surface area contributed by atoms with Crippen LogP contribution in [0.2, 0.25) is 0 Å². The highest BCUT2D eigenvalue weighted by Gasteiger charge is 2.65. The van der Waals surface area contributed by atoms with Gasteiger partial charge in [0.25, 0.3) is 0 Å². The average molecular weight is 442 g/mol. The molecule has 31 heavy (non-hydrogen) atoms. The number of carbonyl (C=O) groups is 2. The molecule has 0 aliphatic carbocycles. The molecule has 2 aliphatic heterocycles. The van der Waals surface area contributed by atoms with Crippen molar-refractivity contribution in [2.24, 2.45) is 5.11 Å². The van der Waals surface area contributed by atoms with Gasteiger partial charge in [-0.15, -0.1) is 0 Å². The Morgan fingerprint density at radius 2 is 1.71 bits per heavy atom. The number of nitrogens with one attached hydrogen (secondary N) is 1. The summed E-state index contributed by atoms with van der Waals surface area (Å²) in [7, 11) is -3.73. The van der Waals surface area contributed by atoms with Crippen molar-refractivity contribution in [1.29, 1.82) is 5.53 Å². The van der Waals surface area contributed by atoms with Crippen LogP contribution in [0.4, 0.5) is 0 Å². The second-order valence-electron chi connectivity index (χ2n) is 7.86. The van der Waals surface area contributed by atoms with E-state index in [1.165, 1.54) is 6.92 Å². The number of amides is 1. The Morgan fingerprint density at radius 1 is 1.16 bits per heavy atom. The van der Waals surface area contributed by atoms with Gasteiger partial charge in [-0.05, 0) is 18.1 Å². The minimum atomic E-state index is -3.73. The molecule has 4 rings (SSSR count). The maximum atomic E-state index is 13.4. The summed E-state index contributed by atoms with van der Waals surface area (Å²) in [6, 6.07) is 16.9. The molecule has 0 aromatic heterocycles. The number of carbonyl (C=O) groups excluding carboxylic acids is 2. The van der Waals surface area contributed by atoms with Gasteiger partial charge in [0.1, 0.15) is 16.0 Å². The van der Waals surface area contributed by atoms with E-state index in [0.29, 0.717) is 0 Å². The minimum Gasteiger partial charge on any atom is -0.451 e. The molecular weight excluding hydrogens is 421 g/mol. The third-order valence-electron chi connectivity index (χ3n) is 5.66. The molecule has 2 heterocycles. The van der Waals surface area contributed by atoms with Gasteiger partial charge in [0.05, 0.1) is 12.2 Å². The van der Waals surface area contributed by atoms with Gasteiger partial charge in [-0.25, -0.2) is 13.2 Å². The van der Waals surface area contributed by atoms with Crippen LogP contribution in [0.3, 0.4) is 0 Å². The lowest BCUT2D eigenvalue weighted by Gasteiger charge is -2.50. The maximum Gasteiger partial charge on any atom is 0.332 e. The summed E-state index contributed by atoms with van der Waals surface area (Å²) in [6.07, 6.45) is -0.943. The Labute approximate surface area is 179 Å². The molecule has 10 heteroatoms. The highest BCUT2D eigenvalue weighted by atomic mass is 32.2. The summed E-state index contributed by atoms with van der Waals surface area (Å²) in [5, 5.41) is 2.65. The fraction of sp³-hybridized carbons (Fsp3) is 0.333. The van der Waals surface area contributed by atoms with Crippen LogP contribution in [-0.2, 0) is 24.2 Å². The lowest BCUT2D eigenvalue weighted by Crippen LogP contribution is -2.74. The van der Waals surface area contributed by atoms with Crippen molar-refractivity contribution in [1.82, 2.24) is 9.81 Å². The van der Waals surface area contributed by atoms with E-state index in [1.807, 2.05) is 60.7 Å². The van der Waals surface area contributed by atoms with Crippen molar-refractivity contribution in [3.05, 3.63) is 71.8 Å². The van der Waals surface area contributed by atoms with Crippen LogP contribution in [-0.4, -0.2) is 47.9 Å². The third-order valence-corrected chi connectivity index (χ3v) is 7.87. The van der Waals surface area contributed by atoms with E-state index in [9.17, 15) is 18.0 Å². The van der Waals surface area contributed by atoms with Gasteiger partial charge in [0, 0.05) is 0 Å². The number of nitrogens with zero attached hydrogens (tertiary/aromatic N) is 3. The van der Waals surface area contributed by atoms with Gasteiger partial charge in [-0.1, -0.05) is 60.7 Å².